The first kappa shape index (κ1) is 13.9. The van der Waals surface area contributed by atoms with Crippen LogP contribution in [0.2, 0.25) is 0 Å². The lowest BCUT2D eigenvalue weighted by molar-refractivity contribution is -0.138. The molecule has 1 aromatic carbocycles. The lowest BCUT2D eigenvalue weighted by atomic mass is 10.1. The normalized spacial score (nSPS) is 18.6. The number of carboxylic acid groups (broad SMARTS) is 1. The molecular formula is C12H8F3N3O2. The van der Waals surface area contributed by atoms with Crippen LogP contribution in [0.1, 0.15) is 12.0 Å². The van der Waals surface area contributed by atoms with Crippen LogP contribution in [0, 0.1) is 11.3 Å². The Morgan fingerprint density at radius 1 is 1.50 bits per heavy atom. The van der Waals surface area contributed by atoms with Crippen molar-refractivity contribution in [1.82, 2.24) is 0 Å². The second kappa shape index (κ2) is 4.85. The molecule has 0 aliphatic carbocycles. The lowest BCUT2D eigenvalue weighted by Crippen LogP contribution is -2.34. The smallest absolute Gasteiger partial charge is 0.431 e. The zero-order valence-electron chi connectivity index (χ0n) is 9.92. The van der Waals surface area contributed by atoms with Crippen molar-refractivity contribution in [3.05, 3.63) is 29.8 Å². The summed E-state index contributed by atoms with van der Waals surface area (Å²) in [5, 5.41) is 21.9. The molecule has 0 radical (unpaired) electrons. The predicted octanol–water partition coefficient (Wildman–Crippen LogP) is 2.14. The summed E-state index contributed by atoms with van der Waals surface area (Å²) in [6.45, 7) is 0. The minimum absolute atomic E-state index is 0.135. The van der Waals surface area contributed by atoms with E-state index in [-0.39, 0.29) is 11.3 Å². The third-order valence-corrected chi connectivity index (χ3v) is 2.76. The van der Waals surface area contributed by atoms with Crippen molar-refractivity contribution in [3.63, 3.8) is 0 Å². The fourth-order valence-electron chi connectivity index (χ4n) is 1.83. The molecule has 0 aromatic heterocycles. The summed E-state index contributed by atoms with van der Waals surface area (Å²) in [6.07, 6.45) is -5.40. The fraction of sp³-hybridized carbons (Fsp3) is 0.250. The molecule has 0 bridgehead atoms. The van der Waals surface area contributed by atoms with Crippen LogP contribution in [-0.4, -0.2) is 29.0 Å². The Morgan fingerprint density at radius 3 is 2.75 bits per heavy atom. The highest BCUT2D eigenvalue weighted by Crippen LogP contribution is 2.31. The number of carbonyl (C=O) groups is 1. The number of aliphatic carboxylic acids is 1. The summed E-state index contributed by atoms with van der Waals surface area (Å²) >= 11 is 0. The molecule has 0 fully saturated rings. The maximum atomic E-state index is 12.6. The molecule has 20 heavy (non-hydrogen) atoms. The third kappa shape index (κ3) is 2.56. The highest BCUT2D eigenvalue weighted by atomic mass is 19.4. The highest BCUT2D eigenvalue weighted by molar-refractivity contribution is 5.98. The van der Waals surface area contributed by atoms with E-state index in [4.69, 9.17) is 10.4 Å². The van der Waals surface area contributed by atoms with E-state index in [2.05, 4.69) is 5.10 Å². The number of nitrogens with zero attached hydrogens (tertiary/aromatic N) is 3. The maximum absolute atomic E-state index is 12.6. The van der Waals surface area contributed by atoms with Gasteiger partial charge >= 0.3 is 12.1 Å². The number of hydrogen-bond donors (Lipinski definition) is 1. The molecule has 0 saturated heterocycles. The number of nitriles is 1. The van der Waals surface area contributed by atoms with Crippen LogP contribution in [0.3, 0.4) is 0 Å². The number of benzene rings is 1. The zero-order valence-corrected chi connectivity index (χ0v) is 9.92. The summed E-state index contributed by atoms with van der Waals surface area (Å²) in [5.41, 5.74) is -0.801. The van der Waals surface area contributed by atoms with Gasteiger partial charge in [-0.1, -0.05) is 6.07 Å². The van der Waals surface area contributed by atoms with Crippen LogP contribution in [0.4, 0.5) is 18.9 Å². The quantitative estimate of drug-likeness (QED) is 0.902. The molecule has 0 amide bonds. The second-order valence-corrected chi connectivity index (χ2v) is 4.11. The Bertz CT molecular complexity index is 619. The molecule has 5 nitrogen and oxygen atoms in total. The summed E-state index contributed by atoms with van der Waals surface area (Å²) in [6, 6.07) is 6.01. The molecule has 1 atom stereocenters. The molecular weight excluding hydrogens is 275 g/mol. The first-order valence-electron chi connectivity index (χ1n) is 5.50. The monoisotopic (exact) mass is 283 g/mol. The van der Waals surface area contributed by atoms with Crippen molar-refractivity contribution in [1.29, 1.82) is 5.26 Å². The van der Waals surface area contributed by atoms with E-state index in [9.17, 15) is 18.0 Å². The van der Waals surface area contributed by atoms with Gasteiger partial charge < -0.3 is 5.11 Å². The van der Waals surface area contributed by atoms with Gasteiger partial charge in [0.15, 0.2) is 6.04 Å². The van der Waals surface area contributed by atoms with Gasteiger partial charge in [-0.3, -0.25) is 5.01 Å². The molecule has 0 spiro atoms. The standard InChI is InChI=1S/C12H8F3N3O2/c13-12(14,15)10-5-9(11(19)20)18(17-10)8-3-1-2-7(4-8)6-16/h1-4,9H,5H2,(H,19,20). The fourth-order valence-corrected chi connectivity index (χ4v) is 1.83. The van der Waals surface area contributed by atoms with Crippen LogP contribution >= 0.6 is 0 Å². The largest absolute Gasteiger partial charge is 0.480 e. The molecule has 0 saturated carbocycles. The Balaban J connectivity index is 2.43. The van der Waals surface area contributed by atoms with Gasteiger partial charge in [-0.2, -0.15) is 23.5 Å². The first-order chi connectivity index (χ1) is 9.32. The van der Waals surface area contributed by atoms with Crippen molar-refractivity contribution in [3.8, 4) is 6.07 Å². The Labute approximate surface area is 111 Å². The van der Waals surface area contributed by atoms with E-state index in [0.29, 0.717) is 0 Å². The van der Waals surface area contributed by atoms with E-state index < -0.39 is 30.3 Å². The number of rotatable bonds is 2. The Hall–Kier alpha value is -2.56. The van der Waals surface area contributed by atoms with Gasteiger partial charge in [-0.05, 0) is 18.2 Å². The Kier molecular flexibility index (Phi) is 3.36. The van der Waals surface area contributed by atoms with E-state index in [1.165, 1.54) is 24.3 Å². The number of hydrogen-bond acceptors (Lipinski definition) is 4. The molecule has 2 rings (SSSR count). The lowest BCUT2D eigenvalue weighted by Gasteiger charge is -2.19. The minimum atomic E-state index is -4.67. The van der Waals surface area contributed by atoms with Crippen molar-refractivity contribution in [2.75, 3.05) is 5.01 Å². The number of anilines is 1. The molecule has 1 aliphatic heterocycles. The molecule has 1 unspecified atom stereocenters. The van der Waals surface area contributed by atoms with Crippen LogP contribution in [0.15, 0.2) is 29.4 Å². The van der Waals surface area contributed by atoms with E-state index in [1.54, 1.807) is 0 Å². The summed E-state index contributed by atoms with van der Waals surface area (Å²) < 4.78 is 37.9. The van der Waals surface area contributed by atoms with Gasteiger partial charge in [0.25, 0.3) is 0 Å². The molecule has 1 aromatic rings. The topological polar surface area (TPSA) is 76.7 Å². The van der Waals surface area contributed by atoms with Gasteiger partial charge in [0, 0.05) is 6.42 Å². The average Bonchev–Trinajstić information content (AvgIpc) is 2.84. The van der Waals surface area contributed by atoms with Crippen LogP contribution < -0.4 is 5.01 Å². The Morgan fingerprint density at radius 2 is 2.20 bits per heavy atom. The number of carboxylic acids is 1. The predicted molar refractivity (Wildman–Crippen MR) is 63.2 cm³/mol. The van der Waals surface area contributed by atoms with Gasteiger partial charge in [0.05, 0.1) is 17.3 Å². The van der Waals surface area contributed by atoms with Gasteiger partial charge in [0.2, 0.25) is 0 Å². The first-order valence-corrected chi connectivity index (χ1v) is 5.50. The van der Waals surface area contributed by atoms with Gasteiger partial charge in [-0.15, -0.1) is 0 Å². The average molecular weight is 283 g/mol. The molecule has 1 heterocycles. The summed E-state index contributed by atoms with van der Waals surface area (Å²) in [4.78, 5) is 11.1. The van der Waals surface area contributed by atoms with Crippen molar-refractivity contribution in [2.24, 2.45) is 5.10 Å². The zero-order chi connectivity index (χ0) is 14.9. The number of alkyl halides is 3. The van der Waals surface area contributed by atoms with Crippen molar-refractivity contribution in [2.45, 2.75) is 18.6 Å². The number of hydrazone groups is 1. The van der Waals surface area contributed by atoms with E-state index in [1.807, 2.05) is 6.07 Å². The summed E-state index contributed by atoms with van der Waals surface area (Å²) in [7, 11) is 0. The summed E-state index contributed by atoms with van der Waals surface area (Å²) in [5.74, 6) is -1.41. The molecule has 1 N–H and O–H groups in total. The highest BCUT2D eigenvalue weighted by Gasteiger charge is 2.45. The van der Waals surface area contributed by atoms with Crippen molar-refractivity contribution >= 4 is 17.4 Å². The molecule has 104 valence electrons. The van der Waals surface area contributed by atoms with Crippen molar-refractivity contribution < 1.29 is 23.1 Å². The van der Waals surface area contributed by atoms with Crippen LogP contribution in [0.5, 0.6) is 0 Å². The van der Waals surface area contributed by atoms with Crippen LogP contribution in [0.25, 0.3) is 0 Å². The van der Waals surface area contributed by atoms with Gasteiger partial charge in [0.1, 0.15) is 5.71 Å². The molecule has 8 heteroatoms. The second-order valence-electron chi connectivity index (χ2n) is 4.11. The SMILES string of the molecule is N#Cc1cccc(N2N=C(C(F)(F)F)CC2C(=O)O)c1. The third-order valence-electron chi connectivity index (χ3n) is 2.76. The maximum Gasteiger partial charge on any atom is 0.431 e. The molecule has 1 aliphatic rings. The van der Waals surface area contributed by atoms with E-state index in [0.717, 1.165) is 5.01 Å². The van der Waals surface area contributed by atoms with Crippen LogP contribution in [-0.2, 0) is 4.79 Å². The number of halogens is 3. The minimum Gasteiger partial charge on any atom is -0.480 e. The van der Waals surface area contributed by atoms with Gasteiger partial charge in [-0.25, -0.2) is 4.79 Å². The van der Waals surface area contributed by atoms with E-state index >= 15 is 0 Å².